The van der Waals surface area contributed by atoms with Crippen LogP contribution in [0.15, 0.2) is 42.6 Å². The van der Waals surface area contributed by atoms with E-state index < -0.39 is 9.84 Å². The number of pyridine rings is 1. The highest BCUT2D eigenvalue weighted by Crippen LogP contribution is 2.29. The number of carbonyl (C=O) groups is 1. The fourth-order valence-corrected chi connectivity index (χ4v) is 5.70. The topological polar surface area (TPSA) is 70.6 Å². The number of fused-ring (bicyclic) bond motifs is 1. The van der Waals surface area contributed by atoms with Gasteiger partial charge in [0.2, 0.25) is 0 Å². The van der Waals surface area contributed by atoms with Crippen LogP contribution in [0.2, 0.25) is 0 Å². The zero-order chi connectivity index (χ0) is 19.0. The van der Waals surface area contributed by atoms with Crippen molar-refractivity contribution < 1.29 is 13.2 Å². The quantitative estimate of drug-likeness (QED) is 0.811. The van der Waals surface area contributed by atoms with E-state index in [4.69, 9.17) is 0 Å². The number of rotatable bonds is 3. The van der Waals surface area contributed by atoms with Crippen LogP contribution in [0.1, 0.15) is 28.9 Å². The van der Waals surface area contributed by atoms with Crippen LogP contribution in [0.5, 0.6) is 0 Å². The van der Waals surface area contributed by atoms with Gasteiger partial charge in [-0.2, -0.15) is 0 Å². The molecule has 1 aromatic carbocycles. The third kappa shape index (κ3) is 3.56. The van der Waals surface area contributed by atoms with Crippen molar-refractivity contribution in [1.29, 1.82) is 0 Å². The molecule has 6 nitrogen and oxygen atoms in total. The average molecular weight is 385 g/mol. The number of anilines is 2. The molecule has 1 fully saturated rings. The molecule has 1 amide bonds. The number of benzene rings is 1. The predicted octanol–water partition coefficient (Wildman–Crippen LogP) is 2.30. The highest BCUT2D eigenvalue weighted by atomic mass is 32.2. The Labute approximate surface area is 159 Å². The fraction of sp³-hybridized carbons (Fsp3) is 0.400. The molecule has 7 heteroatoms. The molecule has 0 aliphatic carbocycles. The molecule has 142 valence electrons. The first-order chi connectivity index (χ1) is 12.9. The molecule has 0 saturated carbocycles. The highest BCUT2D eigenvalue weighted by Gasteiger charge is 2.31. The number of aromatic nitrogens is 1. The van der Waals surface area contributed by atoms with Crippen LogP contribution < -0.4 is 9.80 Å². The molecule has 0 bridgehead atoms. The lowest BCUT2D eigenvalue weighted by atomic mass is 10.0. The molecule has 27 heavy (non-hydrogen) atoms. The van der Waals surface area contributed by atoms with E-state index in [0.717, 1.165) is 24.2 Å². The van der Waals surface area contributed by atoms with Crippen molar-refractivity contribution in [3.63, 3.8) is 0 Å². The molecule has 0 spiro atoms. The number of nitrogens with zero attached hydrogens (tertiary/aromatic N) is 3. The summed E-state index contributed by atoms with van der Waals surface area (Å²) >= 11 is 0. The fourth-order valence-electron chi connectivity index (χ4n) is 3.93. The Hall–Kier alpha value is -2.41. The van der Waals surface area contributed by atoms with E-state index in [2.05, 4.69) is 11.1 Å². The van der Waals surface area contributed by atoms with E-state index >= 15 is 0 Å². The predicted molar refractivity (Wildman–Crippen MR) is 106 cm³/mol. The molecule has 1 unspecified atom stereocenters. The average Bonchev–Trinajstić information content (AvgIpc) is 3.06. The van der Waals surface area contributed by atoms with Crippen LogP contribution in [-0.4, -0.2) is 50.4 Å². The van der Waals surface area contributed by atoms with Gasteiger partial charge in [-0.25, -0.2) is 8.42 Å². The zero-order valence-electron chi connectivity index (χ0n) is 15.3. The molecule has 2 aliphatic rings. The van der Waals surface area contributed by atoms with Gasteiger partial charge in [-0.05, 0) is 43.0 Å². The Morgan fingerprint density at radius 2 is 2.07 bits per heavy atom. The molecule has 1 aromatic heterocycles. The lowest BCUT2D eigenvalue weighted by molar-refractivity contribution is 0.0980. The second-order valence-corrected chi connectivity index (χ2v) is 9.48. The van der Waals surface area contributed by atoms with Crippen molar-refractivity contribution in [2.75, 3.05) is 34.9 Å². The minimum absolute atomic E-state index is 0.0592. The van der Waals surface area contributed by atoms with Crippen LogP contribution in [-0.2, 0) is 16.3 Å². The van der Waals surface area contributed by atoms with E-state index in [1.54, 1.807) is 17.2 Å². The Bertz CT molecular complexity index is 974. The van der Waals surface area contributed by atoms with E-state index in [9.17, 15) is 13.2 Å². The summed E-state index contributed by atoms with van der Waals surface area (Å²) in [6, 6.07) is 11.5. The minimum Gasteiger partial charge on any atom is -0.370 e. The van der Waals surface area contributed by atoms with Crippen molar-refractivity contribution in [3.05, 3.63) is 53.9 Å². The number of amides is 1. The van der Waals surface area contributed by atoms with Gasteiger partial charge < -0.3 is 9.80 Å². The van der Waals surface area contributed by atoms with Gasteiger partial charge in [0.15, 0.2) is 9.84 Å². The summed E-state index contributed by atoms with van der Waals surface area (Å²) in [5.41, 5.74) is 3.34. The number of hydrogen-bond acceptors (Lipinski definition) is 5. The maximum atomic E-state index is 13.1. The van der Waals surface area contributed by atoms with Gasteiger partial charge in [-0.3, -0.25) is 9.78 Å². The third-order valence-electron chi connectivity index (χ3n) is 5.48. The smallest absolute Gasteiger partial charge is 0.276 e. The summed E-state index contributed by atoms with van der Waals surface area (Å²) in [6.07, 6.45) is 4.15. The molecular formula is C20H23N3O3S. The van der Waals surface area contributed by atoms with Crippen LogP contribution in [0, 0.1) is 0 Å². The maximum Gasteiger partial charge on any atom is 0.276 e. The summed E-state index contributed by atoms with van der Waals surface area (Å²) in [5, 5.41) is 0. The first-order valence-electron chi connectivity index (χ1n) is 9.24. The zero-order valence-corrected chi connectivity index (χ0v) is 16.2. The van der Waals surface area contributed by atoms with E-state index in [0.29, 0.717) is 18.7 Å². The first-order valence-corrected chi connectivity index (χ1v) is 11.1. The van der Waals surface area contributed by atoms with E-state index in [1.165, 1.54) is 5.56 Å². The van der Waals surface area contributed by atoms with Crippen LogP contribution >= 0.6 is 0 Å². The second-order valence-electron chi connectivity index (χ2n) is 7.26. The first kappa shape index (κ1) is 18.0. The van der Waals surface area contributed by atoms with Crippen LogP contribution in [0.3, 0.4) is 0 Å². The van der Waals surface area contributed by atoms with Gasteiger partial charge in [-0.1, -0.05) is 18.2 Å². The molecule has 2 aliphatic heterocycles. The largest absolute Gasteiger partial charge is 0.370 e. The number of sulfone groups is 1. The van der Waals surface area contributed by atoms with Crippen LogP contribution in [0.4, 0.5) is 11.4 Å². The molecule has 2 aromatic rings. The van der Waals surface area contributed by atoms with Gasteiger partial charge in [0.25, 0.3) is 5.91 Å². The lowest BCUT2D eigenvalue weighted by Crippen LogP contribution is -2.36. The number of aryl methyl sites for hydroxylation is 1. The minimum atomic E-state index is -2.96. The van der Waals surface area contributed by atoms with Gasteiger partial charge in [0.1, 0.15) is 5.69 Å². The van der Waals surface area contributed by atoms with Gasteiger partial charge in [0, 0.05) is 37.2 Å². The summed E-state index contributed by atoms with van der Waals surface area (Å²) < 4.78 is 23.6. The number of hydrogen-bond donors (Lipinski definition) is 0. The molecule has 0 N–H and O–H groups in total. The van der Waals surface area contributed by atoms with Crippen molar-refractivity contribution in [1.82, 2.24) is 4.98 Å². The molecule has 4 rings (SSSR count). The van der Waals surface area contributed by atoms with Crippen LogP contribution in [0.25, 0.3) is 0 Å². The van der Waals surface area contributed by atoms with E-state index in [1.807, 2.05) is 36.2 Å². The monoisotopic (exact) mass is 385 g/mol. The third-order valence-corrected chi connectivity index (χ3v) is 7.23. The Balaban J connectivity index is 1.59. The number of para-hydroxylation sites is 1. The lowest BCUT2D eigenvalue weighted by Gasteiger charge is -2.30. The highest BCUT2D eigenvalue weighted by molar-refractivity contribution is 7.91. The van der Waals surface area contributed by atoms with Crippen molar-refractivity contribution in [3.8, 4) is 0 Å². The molecule has 1 atom stereocenters. The summed E-state index contributed by atoms with van der Waals surface area (Å²) in [4.78, 5) is 21.1. The number of carbonyl (C=O) groups excluding carboxylic acids is 1. The summed E-state index contributed by atoms with van der Waals surface area (Å²) in [5.74, 6) is 0.273. The summed E-state index contributed by atoms with van der Waals surface area (Å²) in [7, 11) is -1.08. The van der Waals surface area contributed by atoms with Crippen molar-refractivity contribution >= 4 is 27.1 Å². The molecular weight excluding hydrogens is 362 g/mol. The SMILES string of the molecule is CN(c1ccnc(C(=O)N2CCCc3ccccc32)c1)C1CCS(=O)(=O)C1. The summed E-state index contributed by atoms with van der Waals surface area (Å²) in [6.45, 7) is 0.679. The van der Waals surface area contributed by atoms with Gasteiger partial charge in [0.05, 0.1) is 11.5 Å². The molecule has 3 heterocycles. The maximum absolute atomic E-state index is 13.1. The standard InChI is InChI=1S/C20H23N3O3S/c1-22(17-9-12-27(25,26)14-17)16-8-10-21-18(13-16)20(24)23-11-4-6-15-5-2-3-7-19(15)23/h2-3,5,7-8,10,13,17H,4,6,9,11-12,14H2,1H3. The van der Waals surface area contributed by atoms with Crippen molar-refractivity contribution in [2.45, 2.75) is 25.3 Å². The van der Waals surface area contributed by atoms with E-state index in [-0.39, 0.29) is 23.5 Å². The van der Waals surface area contributed by atoms with Gasteiger partial charge >= 0.3 is 0 Å². The Kier molecular flexibility index (Phi) is 4.63. The normalized spacial score (nSPS) is 20.9. The molecule has 1 saturated heterocycles. The molecule has 0 radical (unpaired) electrons. The van der Waals surface area contributed by atoms with Gasteiger partial charge in [-0.15, -0.1) is 0 Å². The Morgan fingerprint density at radius 1 is 1.26 bits per heavy atom. The van der Waals surface area contributed by atoms with Crippen molar-refractivity contribution in [2.24, 2.45) is 0 Å². The Morgan fingerprint density at radius 3 is 2.85 bits per heavy atom. The second kappa shape index (κ2) is 6.96.